The summed E-state index contributed by atoms with van der Waals surface area (Å²) >= 11 is 1.38. The molecular weight excluding hydrogens is 398 g/mol. The summed E-state index contributed by atoms with van der Waals surface area (Å²) in [6.07, 6.45) is 6.13. The van der Waals surface area contributed by atoms with Gasteiger partial charge in [0.1, 0.15) is 0 Å². The minimum atomic E-state index is -3.03. The van der Waals surface area contributed by atoms with E-state index in [-0.39, 0.29) is 28.7 Å². The van der Waals surface area contributed by atoms with Gasteiger partial charge in [-0.2, -0.15) is 0 Å². The summed E-state index contributed by atoms with van der Waals surface area (Å²) in [7, 11) is -1.34. The average Bonchev–Trinajstić information content (AvgIpc) is 3.34. The summed E-state index contributed by atoms with van der Waals surface area (Å²) in [6.45, 7) is 1.84. The molecule has 150 valence electrons. The number of nitrogens with zero attached hydrogens (tertiary/aromatic N) is 5. The van der Waals surface area contributed by atoms with Gasteiger partial charge in [-0.05, 0) is 38.3 Å². The van der Waals surface area contributed by atoms with E-state index < -0.39 is 9.84 Å². The predicted molar refractivity (Wildman–Crippen MR) is 107 cm³/mol. The number of sulfone groups is 1. The molecule has 3 heterocycles. The van der Waals surface area contributed by atoms with E-state index in [1.165, 1.54) is 11.8 Å². The fourth-order valence-corrected chi connectivity index (χ4v) is 6.26. The van der Waals surface area contributed by atoms with Gasteiger partial charge in [-0.15, -0.1) is 10.2 Å². The highest BCUT2D eigenvalue weighted by atomic mass is 32.2. The van der Waals surface area contributed by atoms with Crippen LogP contribution in [0.4, 0.5) is 0 Å². The van der Waals surface area contributed by atoms with E-state index in [4.69, 9.17) is 0 Å². The highest BCUT2D eigenvalue weighted by Crippen LogP contribution is 2.41. The van der Waals surface area contributed by atoms with Crippen molar-refractivity contribution in [2.24, 2.45) is 0 Å². The molecular formula is C18H23N5O3S2. The van der Waals surface area contributed by atoms with Crippen LogP contribution < -0.4 is 0 Å². The molecule has 1 aliphatic heterocycles. The van der Waals surface area contributed by atoms with E-state index >= 15 is 0 Å². The summed E-state index contributed by atoms with van der Waals surface area (Å²) in [4.78, 5) is 18.6. The Kier molecular flexibility index (Phi) is 5.17. The Hall–Kier alpha value is -1.94. The molecule has 1 amide bonds. The fourth-order valence-electron chi connectivity index (χ4n) is 3.47. The summed E-state index contributed by atoms with van der Waals surface area (Å²) in [5.41, 5.74) is 0.904. The van der Waals surface area contributed by atoms with E-state index in [1.807, 2.05) is 19.1 Å². The molecule has 2 aliphatic rings. The molecule has 2 aromatic heterocycles. The summed E-state index contributed by atoms with van der Waals surface area (Å²) in [6, 6.07) is 3.93. The van der Waals surface area contributed by atoms with Crippen LogP contribution in [0.25, 0.3) is 11.4 Å². The molecule has 0 N–H and O–H groups in total. The molecule has 1 saturated carbocycles. The van der Waals surface area contributed by atoms with Gasteiger partial charge < -0.3 is 4.90 Å². The maximum Gasteiger partial charge on any atom is 0.235 e. The monoisotopic (exact) mass is 421 g/mol. The molecule has 28 heavy (non-hydrogen) atoms. The van der Waals surface area contributed by atoms with Crippen molar-refractivity contribution in [3.8, 4) is 11.4 Å². The number of rotatable bonds is 6. The van der Waals surface area contributed by atoms with Crippen molar-refractivity contribution >= 4 is 27.5 Å². The Labute approximate surface area is 168 Å². The van der Waals surface area contributed by atoms with Crippen LogP contribution in [0.3, 0.4) is 0 Å². The first-order chi connectivity index (χ1) is 13.4. The van der Waals surface area contributed by atoms with Gasteiger partial charge in [0.05, 0.1) is 16.8 Å². The molecule has 0 unspecified atom stereocenters. The average molecular weight is 422 g/mol. The summed E-state index contributed by atoms with van der Waals surface area (Å²) in [5.74, 6) is 0.894. The van der Waals surface area contributed by atoms with Gasteiger partial charge in [0.15, 0.2) is 20.8 Å². The molecule has 2 atom stereocenters. The first-order valence-corrected chi connectivity index (χ1v) is 12.0. The van der Waals surface area contributed by atoms with E-state index in [0.717, 1.165) is 29.4 Å². The number of carbonyl (C=O) groups is 1. The second kappa shape index (κ2) is 7.47. The second-order valence-electron chi connectivity index (χ2n) is 7.42. The molecule has 0 aromatic carbocycles. The Morgan fingerprint density at radius 3 is 2.71 bits per heavy atom. The standard InChI is InChI=1S/C18H23N5O3S2/c1-12(17(24)22(2)15-7-9-28(25,26)11-15)27-18-21-20-16(23(18)14-5-6-14)13-4-3-8-19-10-13/h3-4,8,10,12,14-15H,5-7,9,11H2,1-2H3/t12-,15-/m1/s1. The van der Waals surface area contributed by atoms with Gasteiger partial charge in [0, 0.05) is 37.1 Å². The van der Waals surface area contributed by atoms with Gasteiger partial charge in [0.25, 0.3) is 0 Å². The highest BCUT2D eigenvalue weighted by molar-refractivity contribution is 8.00. The topological polar surface area (TPSA) is 98.1 Å². The molecule has 0 bridgehead atoms. The lowest BCUT2D eigenvalue weighted by molar-refractivity contribution is -0.130. The normalized spacial score (nSPS) is 22.1. The van der Waals surface area contributed by atoms with Crippen LogP contribution in [-0.4, -0.2) is 68.8 Å². The van der Waals surface area contributed by atoms with Crippen LogP contribution in [0.1, 0.15) is 32.2 Å². The molecule has 8 nitrogen and oxygen atoms in total. The van der Waals surface area contributed by atoms with Gasteiger partial charge in [-0.25, -0.2) is 8.42 Å². The lowest BCUT2D eigenvalue weighted by Crippen LogP contribution is -2.41. The molecule has 10 heteroatoms. The maximum atomic E-state index is 12.9. The molecule has 2 fully saturated rings. The van der Waals surface area contributed by atoms with Gasteiger partial charge in [0.2, 0.25) is 5.91 Å². The minimum absolute atomic E-state index is 0.0516. The number of pyridine rings is 1. The summed E-state index contributed by atoms with van der Waals surface area (Å²) < 4.78 is 25.5. The van der Waals surface area contributed by atoms with Gasteiger partial charge in [-0.1, -0.05) is 11.8 Å². The predicted octanol–water partition coefficient (Wildman–Crippen LogP) is 1.80. The summed E-state index contributed by atoms with van der Waals surface area (Å²) in [5, 5.41) is 9.03. The number of carbonyl (C=O) groups excluding carboxylic acids is 1. The Balaban J connectivity index is 1.51. The van der Waals surface area contributed by atoms with Gasteiger partial charge >= 0.3 is 0 Å². The van der Waals surface area contributed by atoms with Crippen molar-refractivity contribution in [3.63, 3.8) is 0 Å². The van der Waals surface area contributed by atoms with Crippen molar-refractivity contribution in [2.75, 3.05) is 18.6 Å². The SMILES string of the molecule is C[C@@H](Sc1nnc(-c2cccnc2)n1C1CC1)C(=O)N(C)[C@@H]1CCS(=O)(=O)C1. The maximum absolute atomic E-state index is 12.9. The van der Waals surface area contributed by atoms with Crippen molar-refractivity contribution in [3.05, 3.63) is 24.5 Å². The van der Waals surface area contributed by atoms with Crippen molar-refractivity contribution < 1.29 is 13.2 Å². The van der Waals surface area contributed by atoms with Crippen LogP contribution in [0.15, 0.2) is 29.7 Å². The van der Waals surface area contributed by atoms with Crippen molar-refractivity contribution in [1.29, 1.82) is 0 Å². The zero-order chi connectivity index (χ0) is 19.9. The Morgan fingerprint density at radius 1 is 1.32 bits per heavy atom. The molecule has 1 saturated heterocycles. The van der Waals surface area contributed by atoms with Crippen LogP contribution >= 0.6 is 11.8 Å². The molecule has 4 rings (SSSR count). The highest BCUT2D eigenvalue weighted by Gasteiger charge is 2.36. The van der Waals surface area contributed by atoms with Crippen LogP contribution in [0, 0.1) is 0 Å². The molecule has 2 aromatic rings. The van der Waals surface area contributed by atoms with E-state index in [0.29, 0.717) is 12.5 Å². The lowest BCUT2D eigenvalue weighted by atomic mass is 10.2. The number of thioether (sulfide) groups is 1. The fraction of sp³-hybridized carbons (Fsp3) is 0.556. The number of hydrogen-bond donors (Lipinski definition) is 0. The smallest absolute Gasteiger partial charge is 0.235 e. The molecule has 1 aliphatic carbocycles. The molecule has 0 radical (unpaired) electrons. The largest absolute Gasteiger partial charge is 0.341 e. The van der Waals surface area contributed by atoms with Crippen LogP contribution in [-0.2, 0) is 14.6 Å². The van der Waals surface area contributed by atoms with Crippen LogP contribution in [0.2, 0.25) is 0 Å². The van der Waals surface area contributed by atoms with E-state index in [1.54, 1.807) is 24.3 Å². The zero-order valence-corrected chi connectivity index (χ0v) is 17.5. The van der Waals surface area contributed by atoms with Crippen LogP contribution in [0.5, 0.6) is 0 Å². The lowest BCUT2D eigenvalue weighted by Gasteiger charge is -2.26. The third-order valence-corrected chi connectivity index (χ3v) is 8.02. The Morgan fingerprint density at radius 2 is 2.11 bits per heavy atom. The Bertz CT molecular complexity index is 972. The van der Waals surface area contributed by atoms with Crippen molar-refractivity contribution in [2.45, 2.75) is 48.7 Å². The van der Waals surface area contributed by atoms with E-state index in [9.17, 15) is 13.2 Å². The number of aromatic nitrogens is 4. The number of amides is 1. The minimum Gasteiger partial charge on any atom is -0.341 e. The van der Waals surface area contributed by atoms with Gasteiger partial charge in [-0.3, -0.25) is 14.3 Å². The first kappa shape index (κ1) is 19.4. The van der Waals surface area contributed by atoms with Crippen molar-refractivity contribution in [1.82, 2.24) is 24.6 Å². The van der Waals surface area contributed by atoms with E-state index in [2.05, 4.69) is 19.7 Å². The molecule has 0 spiro atoms. The zero-order valence-electron chi connectivity index (χ0n) is 15.9. The third-order valence-electron chi connectivity index (χ3n) is 5.23. The number of hydrogen-bond acceptors (Lipinski definition) is 7. The quantitative estimate of drug-likeness (QED) is 0.656. The first-order valence-electron chi connectivity index (χ1n) is 9.35. The second-order valence-corrected chi connectivity index (χ2v) is 11.0. The third kappa shape index (κ3) is 3.93.